The lowest BCUT2D eigenvalue weighted by Gasteiger charge is -2.07. The van der Waals surface area contributed by atoms with Gasteiger partial charge in [-0.25, -0.2) is 0 Å². The van der Waals surface area contributed by atoms with E-state index in [-0.39, 0.29) is 5.95 Å². The number of benzene rings is 1. The summed E-state index contributed by atoms with van der Waals surface area (Å²) in [5.74, 6) is 0.996. The van der Waals surface area contributed by atoms with E-state index in [4.69, 9.17) is 16.2 Å². The van der Waals surface area contributed by atoms with Crippen LogP contribution in [0, 0.1) is 0 Å². The van der Waals surface area contributed by atoms with Crippen LogP contribution in [0.4, 0.5) is 11.8 Å². The minimum absolute atomic E-state index is 0.107. The molecule has 0 spiro atoms. The molecule has 2 rings (SSSR count). The summed E-state index contributed by atoms with van der Waals surface area (Å²) in [6.45, 7) is 0. The molecule has 1 heterocycles. The predicted octanol–water partition coefficient (Wildman–Crippen LogP) is 0.992. The molecule has 0 aliphatic carbocycles. The number of hydrogen-bond acceptors (Lipinski definition) is 6. The van der Waals surface area contributed by atoms with Gasteiger partial charge in [0.25, 0.3) is 0 Å². The van der Waals surface area contributed by atoms with Crippen molar-refractivity contribution in [2.75, 3.05) is 18.1 Å². The summed E-state index contributed by atoms with van der Waals surface area (Å²) >= 11 is 0. The second-order valence-corrected chi connectivity index (χ2v) is 3.69. The van der Waals surface area contributed by atoms with Gasteiger partial charge in [0.2, 0.25) is 17.7 Å². The molecule has 0 atom stereocenters. The number of nitrogen functional groups attached to an aromatic ring is 1. The van der Waals surface area contributed by atoms with Gasteiger partial charge in [0.1, 0.15) is 11.6 Å². The number of hydrogen-bond donors (Lipinski definition) is 3. The number of carbonyl (C=O) groups excluding carboxylic acids is 1. The van der Waals surface area contributed by atoms with E-state index in [2.05, 4.69) is 15.3 Å². The van der Waals surface area contributed by atoms with Gasteiger partial charge in [-0.15, -0.1) is 0 Å². The lowest BCUT2D eigenvalue weighted by molar-refractivity contribution is 0.100. The van der Waals surface area contributed by atoms with Crippen LogP contribution in [0.5, 0.6) is 11.6 Å². The van der Waals surface area contributed by atoms with Gasteiger partial charge in [-0.2, -0.15) is 9.97 Å². The Morgan fingerprint density at radius 2 is 1.95 bits per heavy atom. The van der Waals surface area contributed by atoms with Crippen molar-refractivity contribution in [3.8, 4) is 11.6 Å². The minimum atomic E-state index is -0.490. The Balaban J connectivity index is 2.21. The average Bonchev–Trinajstić information content (AvgIpc) is 2.38. The number of primary amides is 1. The first-order valence-electron chi connectivity index (χ1n) is 5.48. The second-order valence-electron chi connectivity index (χ2n) is 3.69. The highest BCUT2D eigenvalue weighted by molar-refractivity contribution is 5.92. The molecule has 7 heteroatoms. The van der Waals surface area contributed by atoms with Gasteiger partial charge in [-0.05, 0) is 24.3 Å². The summed E-state index contributed by atoms with van der Waals surface area (Å²) < 4.78 is 5.51. The van der Waals surface area contributed by atoms with Crippen LogP contribution in [0.25, 0.3) is 0 Å². The summed E-state index contributed by atoms with van der Waals surface area (Å²) in [6, 6.07) is 8.00. The number of amides is 1. The Morgan fingerprint density at radius 3 is 2.53 bits per heavy atom. The molecule has 1 aromatic carbocycles. The van der Waals surface area contributed by atoms with Crippen molar-refractivity contribution in [1.82, 2.24) is 9.97 Å². The van der Waals surface area contributed by atoms with Gasteiger partial charge in [0.05, 0.1) is 0 Å². The number of nitrogens with two attached hydrogens (primary N) is 2. The molecular weight excluding hydrogens is 246 g/mol. The van der Waals surface area contributed by atoms with Crippen LogP contribution in [0.2, 0.25) is 0 Å². The number of carbonyl (C=O) groups is 1. The maximum absolute atomic E-state index is 10.9. The Labute approximate surface area is 109 Å². The lowest BCUT2D eigenvalue weighted by atomic mass is 10.2. The molecule has 0 aliphatic rings. The third-order valence-corrected chi connectivity index (χ3v) is 2.34. The fraction of sp³-hybridized carbons (Fsp3) is 0.0833. The van der Waals surface area contributed by atoms with E-state index in [1.807, 2.05) is 0 Å². The number of nitrogens with zero attached hydrogens (tertiary/aromatic N) is 2. The highest BCUT2D eigenvalue weighted by Crippen LogP contribution is 2.22. The fourth-order valence-electron chi connectivity index (χ4n) is 1.43. The molecule has 7 nitrogen and oxygen atoms in total. The summed E-state index contributed by atoms with van der Waals surface area (Å²) in [5, 5.41) is 2.85. The maximum atomic E-state index is 10.9. The lowest BCUT2D eigenvalue weighted by Crippen LogP contribution is -2.10. The molecule has 2 aromatic rings. The highest BCUT2D eigenvalue weighted by Gasteiger charge is 2.05. The molecule has 0 saturated heterocycles. The standard InChI is InChI=1S/C12H13N5O2/c1-15-9-6-10(17-12(14)16-9)19-8-4-2-7(3-5-8)11(13)18/h2-6H,1H3,(H2,13,18)(H3,14,15,16,17). The largest absolute Gasteiger partial charge is 0.439 e. The summed E-state index contributed by atoms with van der Waals surface area (Å²) in [4.78, 5) is 18.8. The molecule has 0 saturated carbocycles. The smallest absolute Gasteiger partial charge is 0.248 e. The second kappa shape index (κ2) is 5.21. The van der Waals surface area contributed by atoms with Crippen molar-refractivity contribution in [1.29, 1.82) is 0 Å². The van der Waals surface area contributed by atoms with E-state index in [9.17, 15) is 4.79 Å². The molecule has 98 valence electrons. The Hall–Kier alpha value is -2.83. The van der Waals surface area contributed by atoms with Crippen LogP contribution in [-0.2, 0) is 0 Å². The highest BCUT2D eigenvalue weighted by atomic mass is 16.5. The molecule has 1 aromatic heterocycles. The Kier molecular flexibility index (Phi) is 3.46. The van der Waals surface area contributed by atoms with Gasteiger partial charge < -0.3 is 21.5 Å². The van der Waals surface area contributed by atoms with Crippen molar-refractivity contribution in [3.63, 3.8) is 0 Å². The Morgan fingerprint density at radius 1 is 1.26 bits per heavy atom. The van der Waals surface area contributed by atoms with Crippen LogP contribution < -0.4 is 21.5 Å². The quantitative estimate of drug-likeness (QED) is 0.754. The van der Waals surface area contributed by atoms with Gasteiger partial charge in [-0.1, -0.05) is 0 Å². The molecule has 0 radical (unpaired) electrons. The van der Waals surface area contributed by atoms with E-state index in [1.165, 1.54) is 0 Å². The third-order valence-electron chi connectivity index (χ3n) is 2.34. The van der Waals surface area contributed by atoms with Crippen LogP contribution in [-0.4, -0.2) is 22.9 Å². The SMILES string of the molecule is CNc1cc(Oc2ccc(C(N)=O)cc2)nc(N)n1. The molecule has 19 heavy (non-hydrogen) atoms. The molecule has 5 N–H and O–H groups in total. The van der Waals surface area contributed by atoms with Crippen molar-refractivity contribution >= 4 is 17.7 Å². The average molecular weight is 259 g/mol. The first kappa shape index (κ1) is 12.6. The maximum Gasteiger partial charge on any atom is 0.248 e. The van der Waals surface area contributed by atoms with Gasteiger partial charge in [0.15, 0.2) is 0 Å². The van der Waals surface area contributed by atoms with Crippen LogP contribution in [0.3, 0.4) is 0 Å². The van der Waals surface area contributed by atoms with Gasteiger partial charge in [0, 0.05) is 18.7 Å². The number of ether oxygens (including phenoxy) is 1. The first-order valence-corrected chi connectivity index (χ1v) is 5.48. The van der Waals surface area contributed by atoms with E-state index < -0.39 is 5.91 Å². The molecule has 0 unspecified atom stereocenters. The van der Waals surface area contributed by atoms with Gasteiger partial charge >= 0.3 is 0 Å². The summed E-state index contributed by atoms with van der Waals surface area (Å²) in [7, 11) is 1.72. The zero-order valence-electron chi connectivity index (χ0n) is 10.3. The van der Waals surface area contributed by atoms with Crippen molar-refractivity contribution < 1.29 is 9.53 Å². The van der Waals surface area contributed by atoms with E-state index >= 15 is 0 Å². The molecule has 0 fully saturated rings. The predicted molar refractivity (Wildman–Crippen MR) is 71.0 cm³/mol. The number of rotatable bonds is 4. The molecule has 0 bridgehead atoms. The molecule has 1 amide bonds. The minimum Gasteiger partial charge on any atom is -0.439 e. The van der Waals surface area contributed by atoms with Crippen LogP contribution in [0.15, 0.2) is 30.3 Å². The summed E-state index contributed by atoms with van der Waals surface area (Å²) in [5.41, 5.74) is 11.1. The van der Waals surface area contributed by atoms with E-state index in [0.717, 1.165) is 0 Å². The monoisotopic (exact) mass is 259 g/mol. The first-order chi connectivity index (χ1) is 9.08. The number of nitrogens with one attached hydrogen (secondary N) is 1. The zero-order valence-corrected chi connectivity index (χ0v) is 10.3. The molecule has 0 aliphatic heterocycles. The van der Waals surface area contributed by atoms with Crippen LogP contribution in [0.1, 0.15) is 10.4 Å². The van der Waals surface area contributed by atoms with Crippen molar-refractivity contribution in [2.24, 2.45) is 5.73 Å². The number of anilines is 2. The van der Waals surface area contributed by atoms with Crippen molar-refractivity contribution in [3.05, 3.63) is 35.9 Å². The summed E-state index contributed by atoms with van der Waals surface area (Å²) in [6.07, 6.45) is 0. The topological polar surface area (TPSA) is 116 Å². The van der Waals surface area contributed by atoms with Crippen LogP contribution >= 0.6 is 0 Å². The van der Waals surface area contributed by atoms with E-state index in [1.54, 1.807) is 37.4 Å². The van der Waals surface area contributed by atoms with Gasteiger partial charge in [-0.3, -0.25) is 4.79 Å². The van der Waals surface area contributed by atoms with Crippen molar-refractivity contribution in [2.45, 2.75) is 0 Å². The third kappa shape index (κ3) is 3.09. The number of aromatic nitrogens is 2. The fourth-order valence-corrected chi connectivity index (χ4v) is 1.43. The zero-order chi connectivity index (χ0) is 13.8. The Bertz CT molecular complexity index is 598. The molecular formula is C12H13N5O2. The normalized spacial score (nSPS) is 9.95. The van der Waals surface area contributed by atoms with E-state index in [0.29, 0.717) is 23.0 Å².